The maximum Gasteiger partial charge on any atom is 0.227 e. The summed E-state index contributed by atoms with van der Waals surface area (Å²) in [5, 5.41) is 4.06. The maximum atomic E-state index is 13.0. The van der Waals surface area contributed by atoms with Gasteiger partial charge in [-0.3, -0.25) is 0 Å². The van der Waals surface area contributed by atoms with Crippen LogP contribution in [0.3, 0.4) is 0 Å². The van der Waals surface area contributed by atoms with Gasteiger partial charge in [0.25, 0.3) is 0 Å². The van der Waals surface area contributed by atoms with Crippen molar-refractivity contribution >= 4 is 0 Å². The van der Waals surface area contributed by atoms with E-state index < -0.39 is 0 Å². The molecule has 0 fully saturated rings. The van der Waals surface area contributed by atoms with Gasteiger partial charge in [-0.25, -0.2) is 4.39 Å². The number of rotatable bonds is 6. The molecule has 27 heavy (non-hydrogen) atoms. The lowest BCUT2D eigenvalue weighted by molar-refractivity contribution is 0.284. The molecule has 0 aliphatic heterocycles. The van der Waals surface area contributed by atoms with Gasteiger partial charge in [0.2, 0.25) is 11.7 Å². The molecule has 0 saturated heterocycles. The zero-order valence-corrected chi connectivity index (χ0v) is 16.0. The molecule has 5 nitrogen and oxygen atoms in total. The number of methoxy groups -OCH3 is 1. The number of aromatic nitrogens is 2. The van der Waals surface area contributed by atoms with Crippen LogP contribution in [0.2, 0.25) is 0 Å². The Bertz CT molecular complexity index is 899. The molecule has 3 rings (SSSR count). The minimum atomic E-state index is -0.272. The molecular weight excluding hydrogens is 347 g/mol. The molecule has 0 radical (unpaired) electrons. The predicted molar refractivity (Wildman–Crippen MR) is 100 cm³/mol. The van der Waals surface area contributed by atoms with Crippen LogP contribution in [0.1, 0.15) is 32.2 Å². The minimum absolute atomic E-state index is 0.0690. The van der Waals surface area contributed by atoms with E-state index in [0.717, 1.165) is 11.1 Å². The van der Waals surface area contributed by atoms with Crippen LogP contribution >= 0.6 is 0 Å². The quantitative estimate of drug-likeness (QED) is 0.607. The van der Waals surface area contributed by atoms with Gasteiger partial charge in [-0.05, 0) is 41.3 Å². The summed E-state index contributed by atoms with van der Waals surface area (Å²) in [7, 11) is 1.57. The average Bonchev–Trinajstić information content (AvgIpc) is 3.07. The molecule has 0 spiro atoms. The fourth-order valence-electron chi connectivity index (χ4n) is 2.57. The third-order valence-corrected chi connectivity index (χ3v) is 3.88. The minimum Gasteiger partial charge on any atom is -0.493 e. The molecule has 0 aliphatic carbocycles. The Morgan fingerprint density at radius 2 is 1.78 bits per heavy atom. The molecule has 3 aromatic rings. The highest BCUT2D eigenvalue weighted by Gasteiger charge is 2.18. The van der Waals surface area contributed by atoms with Crippen LogP contribution in [0.25, 0.3) is 11.4 Å². The lowest BCUT2D eigenvalue weighted by Crippen LogP contribution is -2.09. The highest BCUT2D eigenvalue weighted by Crippen LogP contribution is 2.32. The molecular formula is C21H23FN2O3. The molecule has 0 aliphatic rings. The van der Waals surface area contributed by atoms with Crippen molar-refractivity contribution in [3.63, 3.8) is 0 Å². The molecule has 0 N–H and O–H groups in total. The van der Waals surface area contributed by atoms with Crippen molar-refractivity contribution in [1.82, 2.24) is 10.1 Å². The van der Waals surface area contributed by atoms with E-state index in [2.05, 4.69) is 30.9 Å². The lowest BCUT2D eigenvalue weighted by atomic mass is 9.92. The van der Waals surface area contributed by atoms with E-state index in [0.29, 0.717) is 36.2 Å². The number of nitrogens with zero attached hydrogens (tertiary/aromatic N) is 2. The number of ether oxygens (including phenoxy) is 2. The smallest absolute Gasteiger partial charge is 0.227 e. The molecule has 6 heteroatoms. The number of benzene rings is 2. The van der Waals surface area contributed by atoms with Crippen molar-refractivity contribution < 1.29 is 18.4 Å². The zero-order chi connectivity index (χ0) is 19.4. The monoisotopic (exact) mass is 370 g/mol. The van der Waals surface area contributed by atoms with E-state index in [-0.39, 0.29) is 11.2 Å². The number of hydrogen-bond donors (Lipinski definition) is 0. The summed E-state index contributed by atoms with van der Waals surface area (Å²) in [6.45, 7) is 6.67. The first-order valence-electron chi connectivity index (χ1n) is 8.72. The van der Waals surface area contributed by atoms with Crippen LogP contribution in [0.4, 0.5) is 4.39 Å². The first-order valence-corrected chi connectivity index (χ1v) is 8.72. The Morgan fingerprint density at radius 1 is 1.04 bits per heavy atom. The first-order chi connectivity index (χ1) is 12.8. The summed E-state index contributed by atoms with van der Waals surface area (Å²) >= 11 is 0. The molecule has 0 atom stereocenters. The van der Waals surface area contributed by atoms with Crippen LogP contribution in [-0.2, 0) is 13.0 Å². The predicted octanol–water partition coefficient (Wildman–Crippen LogP) is 5.05. The number of hydrogen-bond acceptors (Lipinski definition) is 5. The second kappa shape index (κ2) is 7.78. The van der Waals surface area contributed by atoms with Gasteiger partial charge in [0.15, 0.2) is 11.5 Å². The average molecular weight is 370 g/mol. The maximum absolute atomic E-state index is 13.0. The van der Waals surface area contributed by atoms with E-state index >= 15 is 0 Å². The van der Waals surface area contributed by atoms with Crippen LogP contribution < -0.4 is 9.47 Å². The SMILES string of the molecule is COc1cc(-c2noc(CC(C)(C)C)n2)ccc1OCc1ccc(F)cc1. The van der Waals surface area contributed by atoms with Gasteiger partial charge in [0, 0.05) is 12.0 Å². The summed E-state index contributed by atoms with van der Waals surface area (Å²) < 4.78 is 29.6. The summed E-state index contributed by atoms with van der Waals surface area (Å²) in [4.78, 5) is 4.46. The van der Waals surface area contributed by atoms with Crippen molar-refractivity contribution in [2.75, 3.05) is 7.11 Å². The molecule has 0 saturated carbocycles. The highest BCUT2D eigenvalue weighted by atomic mass is 19.1. The van der Waals surface area contributed by atoms with Crippen molar-refractivity contribution in [3.05, 3.63) is 59.7 Å². The Kier molecular flexibility index (Phi) is 5.44. The molecule has 0 unspecified atom stereocenters. The van der Waals surface area contributed by atoms with Crippen LogP contribution in [-0.4, -0.2) is 17.3 Å². The Labute approximate surface area is 158 Å². The van der Waals surface area contributed by atoms with Gasteiger partial charge < -0.3 is 14.0 Å². The van der Waals surface area contributed by atoms with Crippen LogP contribution in [0, 0.1) is 11.2 Å². The highest BCUT2D eigenvalue weighted by molar-refractivity contribution is 5.60. The summed E-state index contributed by atoms with van der Waals surface area (Å²) in [5.41, 5.74) is 1.72. The normalized spacial score (nSPS) is 11.4. The van der Waals surface area contributed by atoms with Crippen LogP contribution in [0.15, 0.2) is 47.0 Å². The Morgan fingerprint density at radius 3 is 2.44 bits per heavy atom. The molecule has 0 amide bonds. The van der Waals surface area contributed by atoms with Gasteiger partial charge >= 0.3 is 0 Å². The fourth-order valence-corrected chi connectivity index (χ4v) is 2.57. The summed E-state index contributed by atoms with van der Waals surface area (Å²) in [5.74, 6) is 2.00. The van der Waals surface area contributed by atoms with E-state index in [1.165, 1.54) is 12.1 Å². The van der Waals surface area contributed by atoms with Gasteiger partial charge in [-0.15, -0.1) is 0 Å². The zero-order valence-electron chi connectivity index (χ0n) is 16.0. The van der Waals surface area contributed by atoms with E-state index in [9.17, 15) is 4.39 Å². The third kappa shape index (κ3) is 5.06. The van der Waals surface area contributed by atoms with E-state index in [1.54, 1.807) is 25.3 Å². The second-order valence-corrected chi connectivity index (χ2v) is 7.53. The standard InChI is InChI=1S/C21H23FN2O3/c1-21(2,3)12-19-23-20(24-27-19)15-7-10-17(18(11-15)25-4)26-13-14-5-8-16(22)9-6-14/h5-11H,12-13H2,1-4H3. The van der Waals surface area contributed by atoms with Crippen LogP contribution in [0.5, 0.6) is 11.5 Å². The van der Waals surface area contributed by atoms with Crippen molar-refractivity contribution in [2.24, 2.45) is 5.41 Å². The Balaban J connectivity index is 1.75. The van der Waals surface area contributed by atoms with Crippen molar-refractivity contribution in [1.29, 1.82) is 0 Å². The summed E-state index contributed by atoms with van der Waals surface area (Å²) in [6, 6.07) is 11.7. The topological polar surface area (TPSA) is 57.4 Å². The van der Waals surface area contributed by atoms with E-state index in [1.807, 2.05) is 12.1 Å². The lowest BCUT2D eigenvalue weighted by Gasteiger charge is -2.13. The van der Waals surface area contributed by atoms with Gasteiger partial charge in [-0.2, -0.15) is 4.98 Å². The van der Waals surface area contributed by atoms with Gasteiger partial charge in [-0.1, -0.05) is 38.1 Å². The molecule has 2 aromatic carbocycles. The van der Waals surface area contributed by atoms with Crippen molar-refractivity contribution in [3.8, 4) is 22.9 Å². The molecule has 142 valence electrons. The Hall–Kier alpha value is -2.89. The van der Waals surface area contributed by atoms with Gasteiger partial charge in [0.05, 0.1) is 7.11 Å². The fraction of sp³-hybridized carbons (Fsp3) is 0.333. The summed E-state index contributed by atoms with van der Waals surface area (Å²) in [6.07, 6.45) is 0.704. The van der Waals surface area contributed by atoms with E-state index in [4.69, 9.17) is 14.0 Å². The second-order valence-electron chi connectivity index (χ2n) is 7.53. The molecule has 0 bridgehead atoms. The molecule has 1 aromatic heterocycles. The number of halogens is 1. The third-order valence-electron chi connectivity index (χ3n) is 3.88. The van der Waals surface area contributed by atoms with Crippen molar-refractivity contribution in [2.45, 2.75) is 33.8 Å². The largest absolute Gasteiger partial charge is 0.493 e. The first kappa shape index (κ1) is 18.9. The molecule has 1 heterocycles. The van der Waals surface area contributed by atoms with Gasteiger partial charge in [0.1, 0.15) is 12.4 Å².